The molecule has 0 saturated heterocycles. The largest absolute Gasteiger partial charge is 0.493 e. The Kier molecular flexibility index (Phi) is 8.17. The Labute approximate surface area is 197 Å². The van der Waals surface area contributed by atoms with E-state index in [2.05, 4.69) is 12.6 Å². The number of methoxy groups -OCH3 is 1. The number of esters is 1. The molecule has 2 aromatic rings. The van der Waals surface area contributed by atoms with Gasteiger partial charge in [-0.2, -0.15) is 18.4 Å². The molecule has 0 saturated carbocycles. The van der Waals surface area contributed by atoms with E-state index in [1.165, 1.54) is 25.3 Å². The van der Waals surface area contributed by atoms with Gasteiger partial charge >= 0.3 is 12.1 Å². The van der Waals surface area contributed by atoms with Crippen molar-refractivity contribution >= 4 is 17.6 Å². The van der Waals surface area contributed by atoms with E-state index in [0.29, 0.717) is 22.6 Å². The first-order valence-corrected chi connectivity index (χ1v) is 10.3. The summed E-state index contributed by atoms with van der Waals surface area (Å²) in [5.74, 6) is 0.166. The second kappa shape index (κ2) is 10.5. The van der Waals surface area contributed by atoms with E-state index in [1.807, 2.05) is 0 Å². The molecule has 0 aliphatic heterocycles. The number of alkyl halides is 3. The van der Waals surface area contributed by atoms with E-state index in [9.17, 15) is 23.2 Å². The second-order valence-electron chi connectivity index (χ2n) is 8.19. The van der Waals surface area contributed by atoms with Crippen molar-refractivity contribution in [2.24, 2.45) is 0 Å². The molecule has 0 N–H and O–H groups in total. The fourth-order valence-electron chi connectivity index (χ4n) is 2.79. The van der Waals surface area contributed by atoms with Gasteiger partial charge in [-0.05, 0) is 75.2 Å². The zero-order chi connectivity index (χ0) is 25.7. The average molecular weight is 473 g/mol. The highest BCUT2D eigenvalue weighted by Crippen LogP contribution is 2.34. The highest BCUT2D eigenvalue weighted by molar-refractivity contribution is 5.90. The van der Waals surface area contributed by atoms with Crippen LogP contribution < -0.4 is 9.47 Å². The zero-order valence-electron chi connectivity index (χ0n) is 19.6. The number of hydrogen-bond acceptors (Lipinski definition) is 5. The summed E-state index contributed by atoms with van der Waals surface area (Å²) in [6.45, 7) is 10.3. The van der Waals surface area contributed by atoms with Gasteiger partial charge in [0.05, 0.1) is 24.3 Å². The quantitative estimate of drug-likeness (QED) is 0.191. The predicted molar refractivity (Wildman–Crippen MR) is 123 cm³/mol. The van der Waals surface area contributed by atoms with Crippen LogP contribution in [0.15, 0.2) is 54.6 Å². The lowest BCUT2D eigenvalue weighted by Gasteiger charge is -2.32. The summed E-state index contributed by atoms with van der Waals surface area (Å²) in [5.41, 5.74) is -0.303. The van der Waals surface area contributed by atoms with Gasteiger partial charge in [-0.1, -0.05) is 18.7 Å². The number of rotatable bonds is 8. The Morgan fingerprint density at radius 3 is 2.24 bits per heavy atom. The van der Waals surface area contributed by atoms with Gasteiger partial charge in [0.15, 0.2) is 11.5 Å². The number of hydrogen-bond donors (Lipinski definition) is 0. The van der Waals surface area contributed by atoms with Gasteiger partial charge in [0.25, 0.3) is 0 Å². The van der Waals surface area contributed by atoms with E-state index in [0.717, 1.165) is 12.1 Å². The lowest BCUT2D eigenvalue weighted by Crippen LogP contribution is -2.42. The Morgan fingerprint density at radius 1 is 1.12 bits per heavy atom. The smallest absolute Gasteiger partial charge is 0.416 e. The molecule has 0 radical (unpaired) electrons. The van der Waals surface area contributed by atoms with Crippen LogP contribution in [0.5, 0.6) is 11.5 Å². The molecule has 8 heteroatoms. The van der Waals surface area contributed by atoms with Crippen LogP contribution in [0.3, 0.4) is 0 Å². The summed E-state index contributed by atoms with van der Waals surface area (Å²) in [6, 6.07) is 11.4. The number of carbonyl (C=O) groups is 1. The fourth-order valence-corrected chi connectivity index (χ4v) is 2.79. The molecule has 0 aromatic heterocycles. The average Bonchev–Trinajstić information content (AvgIpc) is 2.77. The standard InChI is InChI=1S/C26H26F3NO4/c1-16(2)24(31)34-25(4,5)17(3)33-22-12-9-19(14-23(22)32-6)20(15-30)13-18-7-10-21(11-8-18)26(27,28)29/h7-14,17H,1H2,2-6H3/b20-13+. The molecule has 0 heterocycles. The first-order chi connectivity index (χ1) is 15.8. The van der Waals surface area contributed by atoms with Crippen LogP contribution in [-0.4, -0.2) is 24.8 Å². The maximum absolute atomic E-state index is 12.8. The van der Waals surface area contributed by atoms with E-state index >= 15 is 0 Å². The maximum Gasteiger partial charge on any atom is 0.416 e. The van der Waals surface area contributed by atoms with Crippen molar-refractivity contribution in [1.82, 2.24) is 0 Å². The Balaban J connectivity index is 2.29. The fraction of sp³-hybridized carbons (Fsp3) is 0.308. The monoisotopic (exact) mass is 473 g/mol. The van der Waals surface area contributed by atoms with Gasteiger partial charge in [0, 0.05) is 5.57 Å². The molecule has 2 rings (SSSR count). The zero-order valence-corrected chi connectivity index (χ0v) is 19.6. The molecule has 0 fully saturated rings. The molecule has 0 amide bonds. The van der Waals surface area contributed by atoms with Gasteiger partial charge in [-0.15, -0.1) is 0 Å². The topological polar surface area (TPSA) is 68.5 Å². The number of carbonyl (C=O) groups excluding carboxylic acids is 1. The minimum atomic E-state index is -4.43. The summed E-state index contributed by atoms with van der Waals surface area (Å²) in [5, 5.41) is 9.61. The minimum absolute atomic E-state index is 0.230. The molecule has 5 nitrogen and oxygen atoms in total. The Morgan fingerprint density at radius 2 is 1.74 bits per heavy atom. The van der Waals surface area contributed by atoms with Crippen LogP contribution >= 0.6 is 0 Å². The normalized spacial score (nSPS) is 13.0. The molecule has 180 valence electrons. The molecule has 0 aliphatic rings. The van der Waals surface area contributed by atoms with Crippen molar-refractivity contribution in [3.05, 3.63) is 71.3 Å². The van der Waals surface area contributed by atoms with Crippen molar-refractivity contribution < 1.29 is 32.2 Å². The van der Waals surface area contributed by atoms with Gasteiger partial charge in [-0.3, -0.25) is 0 Å². The van der Waals surface area contributed by atoms with E-state index in [1.54, 1.807) is 45.9 Å². The first kappa shape index (κ1) is 26.5. The van der Waals surface area contributed by atoms with Crippen molar-refractivity contribution in [2.75, 3.05) is 7.11 Å². The van der Waals surface area contributed by atoms with E-state index in [4.69, 9.17) is 14.2 Å². The molecule has 0 aliphatic carbocycles. The number of allylic oxidation sites excluding steroid dienone is 1. The molecule has 1 atom stereocenters. The second-order valence-corrected chi connectivity index (χ2v) is 8.19. The summed E-state index contributed by atoms with van der Waals surface area (Å²) in [7, 11) is 1.44. The molecular formula is C26H26F3NO4. The summed E-state index contributed by atoms with van der Waals surface area (Å²) in [6.07, 6.45) is -3.51. The third-order valence-corrected chi connectivity index (χ3v) is 5.13. The number of benzene rings is 2. The first-order valence-electron chi connectivity index (χ1n) is 10.3. The third kappa shape index (κ3) is 6.64. The van der Waals surface area contributed by atoms with Gasteiger partial charge in [-0.25, -0.2) is 4.79 Å². The van der Waals surface area contributed by atoms with Crippen LogP contribution in [-0.2, 0) is 15.7 Å². The molecule has 2 aromatic carbocycles. The van der Waals surface area contributed by atoms with Crippen LogP contribution in [0.2, 0.25) is 0 Å². The summed E-state index contributed by atoms with van der Waals surface area (Å²) < 4.78 is 55.2. The van der Waals surface area contributed by atoms with Crippen molar-refractivity contribution in [1.29, 1.82) is 5.26 Å². The maximum atomic E-state index is 12.8. The molecule has 0 bridgehead atoms. The SMILES string of the molecule is C=C(C)C(=O)OC(C)(C)C(C)Oc1ccc(/C(C#N)=C/c2ccc(C(F)(F)F)cc2)cc1OC. The summed E-state index contributed by atoms with van der Waals surface area (Å²) in [4.78, 5) is 11.9. The highest BCUT2D eigenvalue weighted by atomic mass is 19.4. The molecule has 34 heavy (non-hydrogen) atoms. The van der Waals surface area contributed by atoms with Crippen molar-refractivity contribution in [3.8, 4) is 17.6 Å². The number of nitrogens with zero attached hydrogens (tertiary/aromatic N) is 1. The van der Waals surface area contributed by atoms with Gasteiger partial charge in [0.2, 0.25) is 0 Å². The van der Waals surface area contributed by atoms with Crippen LogP contribution in [0, 0.1) is 11.3 Å². The third-order valence-electron chi connectivity index (χ3n) is 5.13. The van der Waals surface area contributed by atoms with Crippen molar-refractivity contribution in [3.63, 3.8) is 0 Å². The minimum Gasteiger partial charge on any atom is -0.493 e. The molecular weight excluding hydrogens is 447 g/mol. The van der Waals surface area contributed by atoms with Crippen LogP contribution in [0.1, 0.15) is 44.4 Å². The molecule has 0 spiro atoms. The lowest BCUT2D eigenvalue weighted by molar-refractivity contribution is -0.159. The number of ether oxygens (including phenoxy) is 3. The number of nitriles is 1. The Bertz CT molecular complexity index is 1130. The van der Waals surface area contributed by atoms with Crippen LogP contribution in [0.25, 0.3) is 11.6 Å². The molecule has 1 unspecified atom stereocenters. The Hall–Kier alpha value is -3.73. The van der Waals surface area contributed by atoms with Crippen molar-refractivity contribution in [2.45, 2.75) is 45.6 Å². The number of halogens is 3. The van der Waals surface area contributed by atoms with E-state index < -0.39 is 29.4 Å². The lowest BCUT2D eigenvalue weighted by atomic mass is 10.0. The van der Waals surface area contributed by atoms with Gasteiger partial charge < -0.3 is 14.2 Å². The highest BCUT2D eigenvalue weighted by Gasteiger charge is 2.33. The van der Waals surface area contributed by atoms with E-state index in [-0.39, 0.29) is 11.1 Å². The summed E-state index contributed by atoms with van der Waals surface area (Å²) >= 11 is 0. The van der Waals surface area contributed by atoms with Crippen LogP contribution in [0.4, 0.5) is 13.2 Å². The predicted octanol–water partition coefficient (Wildman–Crippen LogP) is 6.44. The van der Waals surface area contributed by atoms with Gasteiger partial charge in [0.1, 0.15) is 11.7 Å².